The smallest absolute Gasteiger partial charge is 0.164 e. The Morgan fingerprint density at radius 1 is 1.35 bits per heavy atom. The fraction of sp³-hybridized carbons (Fsp3) is 0.375. The summed E-state index contributed by atoms with van der Waals surface area (Å²) in [5.41, 5.74) is 2.90. The number of carbonyl (C=O) groups is 1. The van der Waals surface area contributed by atoms with Crippen LogP contribution in [0.3, 0.4) is 0 Å². The quantitative estimate of drug-likeness (QED) is 0.814. The maximum Gasteiger partial charge on any atom is 0.164 e. The molecule has 0 fully saturated rings. The third kappa shape index (κ3) is 3.67. The summed E-state index contributed by atoms with van der Waals surface area (Å²) < 4.78 is 4.27. The van der Waals surface area contributed by atoms with Gasteiger partial charge in [-0.15, -0.1) is 0 Å². The van der Waals surface area contributed by atoms with Crippen molar-refractivity contribution in [3.63, 3.8) is 0 Å². The molecule has 0 radical (unpaired) electrons. The summed E-state index contributed by atoms with van der Waals surface area (Å²) in [5, 5.41) is 4.32. The number of carbonyl (C=O) groups excluding carboxylic acids is 1. The number of hydrogen-bond acceptors (Lipinski definition) is 4. The molecule has 0 amide bonds. The van der Waals surface area contributed by atoms with Crippen LogP contribution < -0.4 is 5.32 Å². The highest BCUT2D eigenvalue weighted by Crippen LogP contribution is 2.26. The molecule has 1 aromatic heterocycles. The van der Waals surface area contributed by atoms with Crippen LogP contribution in [0.2, 0.25) is 0 Å². The van der Waals surface area contributed by atoms with E-state index in [2.05, 4.69) is 40.9 Å². The fourth-order valence-electron chi connectivity index (χ4n) is 2.21. The Morgan fingerprint density at radius 2 is 2.05 bits per heavy atom. The van der Waals surface area contributed by atoms with Crippen LogP contribution >= 0.6 is 11.5 Å². The molecule has 0 aliphatic rings. The van der Waals surface area contributed by atoms with Crippen molar-refractivity contribution in [3.05, 3.63) is 47.2 Å². The van der Waals surface area contributed by atoms with Crippen molar-refractivity contribution in [2.45, 2.75) is 39.7 Å². The molecule has 0 bridgehead atoms. The molecule has 0 aliphatic heterocycles. The average molecular weight is 288 g/mol. The number of nitrogens with one attached hydrogen (secondary N) is 1. The van der Waals surface area contributed by atoms with Gasteiger partial charge in [0.1, 0.15) is 5.00 Å². The van der Waals surface area contributed by atoms with E-state index in [9.17, 15) is 4.79 Å². The van der Waals surface area contributed by atoms with Crippen molar-refractivity contribution in [3.8, 4) is 0 Å². The molecule has 1 N–H and O–H groups in total. The van der Waals surface area contributed by atoms with E-state index >= 15 is 0 Å². The molecule has 1 heterocycles. The number of rotatable bonds is 6. The second-order valence-electron chi connectivity index (χ2n) is 5.10. The van der Waals surface area contributed by atoms with Crippen LogP contribution in [-0.4, -0.2) is 16.2 Å². The second-order valence-corrected chi connectivity index (χ2v) is 5.87. The lowest BCUT2D eigenvalue weighted by molar-refractivity contribution is 0.101. The summed E-state index contributed by atoms with van der Waals surface area (Å²) in [4.78, 5) is 11.6. The van der Waals surface area contributed by atoms with E-state index in [-0.39, 0.29) is 5.78 Å². The molecule has 3 nitrogen and oxygen atoms in total. The third-order valence-corrected chi connectivity index (χ3v) is 4.17. The topological polar surface area (TPSA) is 42.0 Å². The van der Waals surface area contributed by atoms with E-state index in [0.717, 1.165) is 29.1 Å². The Kier molecular flexibility index (Phi) is 4.90. The molecule has 0 saturated carbocycles. The minimum atomic E-state index is 0.0778. The molecule has 1 aromatic carbocycles. The fourth-order valence-corrected chi connectivity index (χ4v) is 3.16. The van der Waals surface area contributed by atoms with Gasteiger partial charge in [0.15, 0.2) is 5.78 Å². The average Bonchev–Trinajstić information content (AvgIpc) is 2.78. The second kappa shape index (κ2) is 6.66. The van der Waals surface area contributed by atoms with Crippen LogP contribution in [-0.2, 0) is 6.42 Å². The van der Waals surface area contributed by atoms with Gasteiger partial charge < -0.3 is 5.32 Å². The van der Waals surface area contributed by atoms with Gasteiger partial charge in [0.25, 0.3) is 0 Å². The minimum absolute atomic E-state index is 0.0778. The highest BCUT2D eigenvalue weighted by atomic mass is 32.1. The highest BCUT2D eigenvalue weighted by Gasteiger charge is 2.16. The Balaban J connectivity index is 1.95. The van der Waals surface area contributed by atoms with E-state index in [1.807, 2.05) is 13.0 Å². The first-order chi connectivity index (χ1) is 9.58. The molecule has 106 valence electrons. The minimum Gasteiger partial charge on any atom is -0.373 e. The molecule has 0 aliphatic carbocycles. The van der Waals surface area contributed by atoms with Crippen LogP contribution in [0.15, 0.2) is 30.3 Å². The van der Waals surface area contributed by atoms with E-state index in [1.54, 1.807) is 6.92 Å². The van der Waals surface area contributed by atoms with Crippen LogP contribution in [0, 0.1) is 6.92 Å². The maximum absolute atomic E-state index is 11.6. The molecule has 2 aromatic rings. The summed E-state index contributed by atoms with van der Waals surface area (Å²) in [5.74, 6) is 0.0778. The Bertz CT molecular complexity index is 577. The predicted octanol–water partition coefficient (Wildman–Crippen LogP) is 4.09. The van der Waals surface area contributed by atoms with E-state index in [4.69, 9.17) is 0 Å². The van der Waals surface area contributed by atoms with Crippen molar-refractivity contribution in [1.82, 2.24) is 4.37 Å². The lowest BCUT2D eigenvalue weighted by Gasteiger charge is -2.14. The molecule has 0 saturated heterocycles. The predicted molar refractivity (Wildman–Crippen MR) is 84.7 cm³/mol. The van der Waals surface area contributed by atoms with Crippen LogP contribution in [0.4, 0.5) is 5.00 Å². The number of aryl methyl sites for hydroxylation is 2. The lowest BCUT2D eigenvalue weighted by Crippen LogP contribution is -2.16. The standard InChI is InChI=1S/C16H20N2OS/c1-11(9-10-14-7-5-4-6-8-14)17-16-15(13(3)19)12(2)18-20-16/h4-8,11,17H,9-10H2,1-3H3. The van der Waals surface area contributed by atoms with Crippen molar-refractivity contribution in [2.24, 2.45) is 0 Å². The number of benzene rings is 1. The molecule has 1 unspecified atom stereocenters. The van der Waals surface area contributed by atoms with Gasteiger partial charge in [-0.2, -0.15) is 4.37 Å². The first-order valence-corrected chi connectivity index (χ1v) is 7.63. The summed E-state index contributed by atoms with van der Waals surface area (Å²) in [6.45, 7) is 5.62. The van der Waals surface area contributed by atoms with Gasteiger partial charge in [-0.05, 0) is 50.7 Å². The molecule has 20 heavy (non-hydrogen) atoms. The van der Waals surface area contributed by atoms with Crippen molar-refractivity contribution in [1.29, 1.82) is 0 Å². The molecule has 1 atom stereocenters. The summed E-state index contributed by atoms with van der Waals surface area (Å²) in [6, 6.07) is 10.8. The molecular weight excluding hydrogens is 268 g/mol. The van der Waals surface area contributed by atoms with Crippen molar-refractivity contribution in [2.75, 3.05) is 5.32 Å². The van der Waals surface area contributed by atoms with Gasteiger partial charge in [-0.3, -0.25) is 4.79 Å². The summed E-state index contributed by atoms with van der Waals surface area (Å²) >= 11 is 1.37. The third-order valence-electron chi connectivity index (χ3n) is 3.30. The van der Waals surface area contributed by atoms with Crippen LogP contribution in [0.5, 0.6) is 0 Å². The molecule has 0 spiro atoms. The van der Waals surface area contributed by atoms with Crippen LogP contribution in [0.1, 0.15) is 41.9 Å². The van der Waals surface area contributed by atoms with Gasteiger partial charge in [-0.25, -0.2) is 0 Å². The van der Waals surface area contributed by atoms with E-state index in [1.165, 1.54) is 17.1 Å². The van der Waals surface area contributed by atoms with Gasteiger partial charge in [0, 0.05) is 6.04 Å². The molecular formula is C16H20N2OS. The van der Waals surface area contributed by atoms with E-state index < -0.39 is 0 Å². The SMILES string of the molecule is CC(=O)c1c(C)nsc1NC(C)CCc1ccccc1. The Morgan fingerprint density at radius 3 is 2.70 bits per heavy atom. The van der Waals surface area contributed by atoms with Gasteiger partial charge in [0.2, 0.25) is 0 Å². The number of nitrogens with zero attached hydrogens (tertiary/aromatic N) is 1. The highest BCUT2D eigenvalue weighted by molar-refractivity contribution is 7.10. The lowest BCUT2D eigenvalue weighted by atomic mass is 10.1. The van der Waals surface area contributed by atoms with Gasteiger partial charge in [0.05, 0.1) is 11.3 Å². The molecule has 2 rings (SSSR count). The maximum atomic E-state index is 11.6. The first kappa shape index (κ1) is 14.7. The summed E-state index contributed by atoms with van der Waals surface area (Å²) in [7, 11) is 0. The van der Waals surface area contributed by atoms with Crippen molar-refractivity contribution < 1.29 is 4.79 Å². The van der Waals surface area contributed by atoms with Crippen molar-refractivity contribution >= 4 is 22.3 Å². The molecule has 4 heteroatoms. The van der Waals surface area contributed by atoms with E-state index in [0.29, 0.717) is 6.04 Å². The Hall–Kier alpha value is -1.68. The normalized spacial score (nSPS) is 12.2. The van der Waals surface area contributed by atoms with Crippen LogP contribution in [0.25, 0.3) is 0 Å². The number of hydrogen-bond donors (Lipinski definition) is 1. The number of anilines is 1. The zero-order chi connectivity index (χ0) is 14.5. The summed E-state index contributed by atoms with van der Waals surface area (Å²) in [6.07, 6.45) is 2.06. The number of aromatic nitrogens is 1. The van der Waals surface area contributed by atoms with Gasteiger partial charge >= 0.3 is 0 Å². The first-order valence-electron chi connectivity index (χ1n) is 6.85. The number of ketones is 1. The van der Waals surface area contributed by atoms with Gasteiger partial charge in [-0.1, -0.05) is 30.3 Å². The number of Topliss-reactive ketones (excluding diaryl/α,β-unsaturated/α-hetero) is 1. The zero-order valence-corrected chi connectivity index (χ0v) is 13.0. The largest absolute Gasteiger partial charge is 0.373 e. The zero-order valence-electron chi connectivity index (χ0n) is 12.1. The Labute approximate surface area is 124 Å². The monoisotopic (exact) mass is 288 g/mol.